The van der Waals surface area contributed by atoms with Crippen molar-refractivity contribution in [3.05, 3.63) is 23.9 Å². The summed E-state index contributed by atoms with van der Waals surface area (Å²) in [5.74, 6) is 5.72. The van der Waals surface area contributed by atoms with Crippen LogP contribution in [0.3, 0.4) is 0 Å². The van der Waals surface area contributed by atoms with Gasteiger partial charge in [-0.3, -0.25) is 4.79 Å². The highest BCUT2D eigenvalue weighted by Crippen LogP contribution is 2.24. The van der Waals surface area contributed by atoms with E-state index in [1.807, 2.05) is 0 Å². The van der Waals surface area contributed by atoms with Gasteiger partial charge < -0.3 is 15.4 Å². The number of carbonyl (C=O) groups is 1. The lowest BCUT2D eigenvalue weighted by Gasteiger charge is -2.34. The maximum atomic E-state index is 12.6. The molecular weight excluding hydrogens is 256 g/mol. The van der Waals surface area contributed by atoms with Crippen LogP contribution in [0.25, 0.3) is 0 Å². The summed E-state index contributed by atoms with van der Waals surface area (Å²) in [6.07, 6.45) is 7.10. The number of hydrazine groups is 1. The van der Waals surface area contributed by atoms with Crippen LogP contribution in [0.15, 0.2) is 18.3 Å². The van der Waals surface area contributed by atoms with E-state index in [0.717, 1.165) is 25.7 Å². The summed E-state index contributed by atoms with van der Waals surface area (Å²) in [6.45, 7) is 0.354. The molecule has 6 heteroatoms. The minimum atomic E-state index is -0.0650. The topological polar surface area (TPSA) is 91.5 Å². The van der Waals surface area contributed by atoms with Crippen LogP contribution in [-0.2, 0) is 0 Å². The summed E-state index contributed by atoms with van der Waals surface area (Å²) in [4.78, 5) is 18.4. The summed E-state index contributed by atoms with van der Waals surface area (Å²) in [7, 11) is 0. The fourth-order valence-electron chi connectivity index (χ4n) is 2.76. The molecule has 0 atom stereocenters. The van der Waals surface area contributed by atoms with E-state index in [2.05, 4.69) is 10.4 Å². The fourth-order valence-corrected chi connectivity index (χ4v) is 2.76. The minimum absolute atomic E-state index is 0.0185. The molecule has 1 aromatic rings. The Hall–Kier alpha value is -1.66. The van der Waals surface area contributed by atoms with E-state index in [1.54, 1.807) is 23.2 Å². The highest BCUT2D eigenvalue weighted by molar-refractivity contribution is 5.95. The SMILES string of the molecule is NNc1cc(C(=O)N(CCO)C2CCCCC2)ccn1. The number of rotatable bonds is 5. The van der Waals surface area contributed by atoms with E-state index in [4.69, 9.17) is 5.84 Å². The number of nitrogen functional groups attached to an aromatic ring is 1. The first-order chi connectivity index (χ1) is 9.76. The van der Waals surface area contributed by atoms with Crippen molar-refractivity contribution in [2.75, 3.05) is 18.6 Å². The number of aliphatic hydroxyl groups is 1. The smallest absolute Gasteiger partial charge is 0.254 e. The average Bonchev–Trinajstić information content (AvgIpc) is 2.53. The Balaban J connectivity index is 2.16. The number of nitrogens with two attached hydrogens (primary N) is 1. The van der Waals surface area contributed by atoms with Gasteiger partial charge in [-0.1, -0.05) is 19.3 Å². The molecule has 2 rings (SSSR count). The maximum Gasteiger partial charge on any atom is 0.254 e. The third-order valence-electron chi connectivity index (χ3n) is 3.77. The molecule has 0 saturated heterocycles. The van der Waals surface area contributed by atoms with Crippen molar-refractivity contribution < 1.29 is 9.90 Å². The molecule has 1 heterocycles. The molecule has 0 bridgehead atoms. The molecule has 4 N–H and O–H groups in total. The van der Waals surface area contributed by atoms with Crippen LogP contribution in [0.4, 0.5) is 5.82 Å². The van der Waals surface area contributed by atoms with Crippen LogP contribution in [-0.4, -0.2) is 40.1 Å². The predicted molar refractivity (Wildman–Crippen MR) is 77.0 cm³/mol. The van der Waals surface area contributed by atoms with Crippen LogP contribution in [0.5, 0.6) is 0 Å². The first-order valence-corrected chi connectivity index (χ1v) is 7.10. The standard InChI is InChI=1S/C14H22N4O2/c15-17-13-10-11(6-7-16-13)14(20)18(8-9-19)12-4-2-1-3-5-12/h6-7,10,12,19H,1-5,8-9,15H2,(H,16,17). The molecule has 0 spiro atoms. The van der Waals surface area contributed by atoms with E-state index >= 15 is 0 Å². The first-order valence-electron chi connectivity index (χ1n) is 7.10. The zero-order valence-electron chi connectivity index (χ0n) is 11.6. The van der Waals surface area contributed by atoms with Crippen LogP contribution in [0, 0.1) is 0 Å². The Bertz CT molecular complexity index is 447. The van der Waals surface area contributed by atoms with E-state index < -0.39 is 0 Å². The molecule has 6 nitrogen and oxygen atoms in total. The van der Waals surface area contributed by atoms with Crippen molar-refractivity contribution in [2.24, 2.45) is 5.84 Å². The van der Waals surface area contributed by atoms with Crippen molar-refractivity contribution in [2.45, 2.75) is 38.1 Å². The van der Waals surface area contributed by atoms with Gasteiger partial charge in [0, 0.05) is 24.3 Å². The van der Waals surface area contributed by atoms with E-state index in [1.165, 1.54) is 6.42 Å². The van der Waals surface area contributed by atoms with E-state index in [0.29, 0.717) is 17.9 Å². The lowest BCUT2D eigenvalue weighted by Crippen LogP contribution is -2.43. The molecule has 1 saturated carbocycles. The number of hydrogen-bond acceptors (Lipinski definition) is 5. The second-order valence-electron chi connectivity index (χ2n) is 5.09. The molecule has 0 aromatic carbocycles. The lowest BCUT2D eigenvalue weighted by molar-refractivity contribution is 0.0585. The Labute approximate surface area is 119 Å². The highest BCUT2D eigenvalue weighted by Gasteiger charge is 2.25. The van der Waals surface area contributed by atoms with Crippen molar-refractivity contribution in [3.63, 3.8) is 0 Å². The van der Waals surface area contributed by atoms with Crippen molar-refractivity contribution in [1.82, 2.24) is 9.88 Å². The number of amides is 1. The molecule has 0 radical (unpaired) electrons. The molecule has 20 heavy (non-hydrogen) atoms. The number of aromatic nitrogens is 1. The third-order valence-corrected chi connectivity index (χ3v) is 3.77. The summed E-state index contributed by atoms with van der Waals surface area (Å²) in [6, 6.07) is 3.54. The molecule has 0 unspecified atom stereocenters. The molecule has 1 fully saturated rings. The van der Waals surface area contributed by atoms with Gasteiger partial charge in [0.15, 0.2) is 0 Å². The monoisotopic (exact) mass is 278 g/mol. The second-order valence-corrected chi connectivity index (χ2v) is 5.09. The largest absolute Gasteiger partial charge is 0.395 e. The zero-order valence-corrected chi connectivity index (χ0v) is 11.6. The van der Waals surface area contributed by atoms with Gasteiger partial charge in [0.25, 0.3) is 5.91 Å². The minimum Gasteiger partial charge on any atom is -0.395 e. The molecule has 0 aliphatic heterocycles. The normalized spacial score (nSPS) is 15.9. The molecular formula is C14H22N4O2. The summed E-state index contributed by atoms with van der Waals surface area (Å²) < 4.78 is 0. The van der Waals surface area contributed by atoms with Gasteiger partial charge in [0.1, 0.15) is 5.82 Å². The summed E-state index contributed by atoms with van der Waals surface area (Å²) >= 11 is 0. The highest BCUT2D eigenvalue weighted by atomic mass is 16.3. The van der Waals surface area contributed by atoms with Gasteiger partial charge in [0.05, 0.1) is 6.61 Å². The quantitative estimate of drug-likeness (QED) is 0.555. The molecule has 1 amide bonds. The van der Waals surface area contributed by atoms with Crippen LogP contribution in [0.2, 0.25) is 0 Å². The number of anilines is 1. The summed E-state index contributed by atoms with van der Waals surface area (Å²) in [5, 5.41) is 9.23. The molecule has 110 valence electrons. The van der Waals surface area contributed by atoms with Gasteiger partial charge >= 0.3 is 0 Å². The predicted octanol–water partition coefficient (Wildman–Crippen LogP) is 1.13. The third kappa shape index (κ3) is 3.46. The van der Waals surface area contributed by atoms with Gasteiger partial charge in [-0.2, -0.15) is 0 Å². The fraction of sp³-hybridized carbons (Fsp3) is 0.571. The van der Waals surface area contributed by atoms with Gasteiger partial charge in [0.2, 0.25) is 0 Å². The Morgan fingerprint density at radius 2 is 2.20 bits per heavy atom. The lowest BCUT2D eigenvalue weighted by atomic mass is 9.93. The Kier molecular flexibility index (Phi) is 5.31. The van der Waals surface area contributed by atoms with Crippen LogP contribution in [0.1, 0.15) is 42.5 Å². The van der Waals surface area contributed by atoms with E-state index in [-0.39, 0.29) is 18.6 Å². The average molecular weight is 278 g/mol. The number of nitrogens with zero attached hydrogens (tertiary/aromatic N) is 2. The Morgan fingerprint density at radius 1 is 1.45 bits per heavy atom. The van der Waals surface area contributed by atoms with Crippen molar-refractivity contribution in [3.8, 4) is 0 Å². The van der Waals surface area contributed by atoms with Crippen molar-refractivity contribution >= 4 is 11.7 Å². The zero-order chi connectivity index (χ0) is 14.4. The Morgan fingerprint density at radius 3 is 2.85 bits per heavy atom. The second kappa shape index (κ2) is 7.21. The van der Waals surface area contributed by atoms with Crippen LogP contribution >= 0.6 is 0 Å². The number of carbonyl (C=O) groups excluding carboxylic acids is 1. The number of pyridine rings is 1. The van der Waals surface area contributed by atoms with E-state index in [9.17, 15) is 9.90 Å². The van der Waals surface area contributed by atoms with Gasteiger partial charge in [-0.05, 0) is 25.0 Å². The number of nitrogens with one attached hydrogen (secondary N) is 1. The van der Waals surface area contributed by atoms with Gasteiger partial charge in [-0.15, -0.1) is 0 Å². The summed E-state index contributed by atoms with van der Waals surface area (Å²) in [5.41, 5.74) is 2.99. The number of hydrogen-bond donors (Lipinski definition) is 3. The van der Waals surface area contributed by atoms with Gasteiger partial charge in [-0.25, -0.2) is 10.8 Å². The molecule has 1 aromatic heterocycles. The molecule has 1 aliphatic carbocycles. The molecule has 1 aliphatic rings. The first kappa shape index (κ1) is 14.7. The number of aliphatic hydroxyl groups excluding tert-OH is 1. The van der Waals surface area contributed by atoms with Crippen molar-refractivity contribution in [1.29, 1.82) is 0 Å². The maximum absolute atomic E-state index is 12.6. The van der Waals surface area contributed by atoms with Crippen LogP contribution < -0.4 is 11.3 Å².